The van der Waals surface area contributed by atoms with Crippen molar-refractivity contribution in [1.82, 2.24) is 10.0 Å². The maximum atomic E-state index is 12.4. The largest absolute Gasteiger partial charge is 0.494 e. The van der Waals surface area contributed by atoms with Crippen LogP contribution in [0.1, 0.15) is 28.9 Å². The topological polar surface area (TPSA) is 93.7 Å². The van der Waals surface area contributed by atoms with Gasteiger partial charge in [0, 0.05) is 12.6 Å². The van der Waals surface area contributed by atoms with Gasteiger partial charge in [-0.25, -0.2) is 17.9 Å². The highest BCUT2D eigenvalue weighted by molar-refractivity contribution is 7.91. The molecule has 0 bridgehead atoms. The van der Waals surface area contributed by atoms with E-state index in [1.165, 1.54) is 20.3 Å². The number of nitrogens with one attached hydrogen (secondary N) is 2. The Kier molecular flexibility index (Phi) is 6.40. The Balaban J connectivity index is 2.03. The Hall–Kier alpha value is -1.16. The molecular formula is C14H22N2O5S2. The first kappa shape index (κ1) is 18.2. The second-order valence-electron chi connectivity index (χ2n) is 5.36. The number of carbonyl (C=O) groups is 1. The SMILES string of the molecule is COC(=O)c1cc(OC)c(S(=O)(=O)NCCC2CCCNC2)s1. The second kappa shape index (κ2) is 8.09. The first-order chi connectivity index (χ1) is 11.0. The van der Waals surface area contributed by atoms with E-state index in [-0.39, 0.29) is 14.8 Å². The van der Waals surface area contributed by atoms with Crippen molar-refractivity contribution in [3.05, 3.63) is 10.9 Å². The maximum Gasteiger partial charge on any atom is 0.348 e. The Morgan fingerprint density at radius 2 is 2.26 bits per heavy atom. The van der Waals surface area contributed by atoms with Crippen molar-refractivity contribution in [3.63, 3.8) is 0 Å². The van der Waals surface area contributed by atoms with Gasteiger partial charge in [-0.2, -0.15) is 0 Å². The Bertz CT molecular complexity index is 636. The van der Waals surface area contributed by atoms with Crippen LogP contribution in [0.25, 0.3) is 0 Å². The van der Waals surface area contributed by atoms with Crippen molar-refractivity contribution in [3.8, 4) is 5.75 Å². The molecule has 0 aliphatic carbocycles. The van der Waals surface area contributed by atoms with Crippen LogP contribution in [0, 0.1) is 5.92 Å². The van der Waals surface area contributed by atoms with Crippen LogP contribution in [0.5, 0.6) is 5.75 Å². The van der Waals surface area contributed by atoms with Crippen molar-refractivity contribution in [2.45, 2.75) is 23.5 Å². The number of hydrogen-bond donors (Lipinski definition) is 2. The third-order valence-electron chi connectivity index (χ3n) is 3.76. The third-order valence-corrected chi connectivity index (χ3v) is 6.83. The van der Waals surface area contributed by atoms with Crippen LogP contribution in [-0.2, 0) is 14.8 Å². The minimum absolute atomic E-state index is 0.00201. The summed E-state index contributed by atoms with van der Waals surface area (Å²) in [5.74, 6) is 0.0626. The average molecular weight is 362 g/mol. The number of sulfonamides is 1. The van der Waals surface area contributed by atoms with Crippen molar-refractivity contribution >= 4 is 27.3 Å². The molecule has 1 fully saturated rings. The molecule has 130 valence electrons. The first-order valence-electron chi connectivity index (χ1n) is 7.44. The Labute approximate surface area is 140 Å². The standard InChI is InChI=1S/C14H22N2O5S2/c1-20-11-8-12(13(17)21-2)22-14(11)23(18,19)16-7-5-10-4-3-6-15-9-10/h8,10,15-16H,3-7,9H2,1-2H3. The molecule has 2 N–H and O–H groups in total. The zero-order chi connectivity index (χ0) is 16.9. The number of rotatable bonds is 7. The van der Waals surface area contributed by atoms with E-state index in [2.05, 4.69) is 14.8 Å². The molecule has 7 nitrogen and oxygen atoms in total. The summed E-state index contributed by atoms with van der Waals surface area (Å²) >= 11 is 0.847. The highest BCUT2D eigenvalue weighted by Gasteiger charge is 2.26. The van der Waals surface area contributed by atoms with Crippen LogP contribution in [0.2, 0.25) is 0 Å². The quantitative estimate of drug-likeness (QED) is 0.708. The zero-order valence-electron chi connectivity index (χ0n) is 13.3. The number of methoxy groups -OCH3 is 2. The number of carbonyl (C=O) groups excluding carboxylic acids is 1. The first-order valence-corrected chi connectivity index (χ1v) is 9.74. The maximum absolute atomic E-state index is 12.4. The molecule has 1 aliphatic heterocycles. The molecule has 0 amide bonds. The monoisotopic (exact) mass is 362 g/mol. The van der Waals surface area contributed by atoms with Gasteiger partial charge in [0.05, 0.1) is 14.2 Å². The number of hydrogen-bond acceptors (Lipinski definition) is 7. The van der Waals surface area contributed by atoms with Gasteiger partial charge in [0.2, 0.25) is 0 Å². The number of thiophene rings is 1. The van der Waals surface area contributed by atoms with Gasteiger partial charge in [0.25, 0.3) is 10.0 Å². The fourth-order valence-electron chi connectivity index (χ4n) is 2.52. The molecule has 9 heteroatoms. The summed E-state index contributed by atoms with van der Waals surface area (Å²) in [4.78, 5) is 11.7. The molecular weight excluding hydrogens is 340 g/mol. The van der Waals surface area contributed by atoms with Crippen LogP contribution < -0.4 is 14.8 Å². The van der Waals surface area contributed by atoms with Gasteiger partial charge in [0.15, 0.2) is 9.96 Å². The van der Waals surface area contributed by atoms with Crippen LogP contribution in [-0.4, -0.2) is 48.2 Å². The smallest absolute Gasteiger partial charge is 0.348 e. The zero-order valence-corrected chi connectivity index (χ0v) is 14.9. The van der Waals surface area contributed by atoms with Crippen molar-refractivity contribution in [2.24, 2.45) is 5.92 Å². The summed E-state index contributed by atoms with van der Waals surface area (Å²) in [5, 5.41) is 3.31. The van der Waals surface area contributed by atoms with E-state index in [0.717, 1.165) is 43.7 Å². The Morgan fingerprint density at radius 1 is 1.48 bits per heavy atom. The number of piperidine rings is 1. The summed E-state index contributed by atoms with van der Waals surface area (Å²) in [6.07, 6.45) is 3.02. The van der Waals surface area contributed by atoms with E-state index in [1.807, 2.05) is 0 Å². The fraction of sp³-hybridized carbons (Fsp3) is 0.643. The minimum Gasteiger partial charge on any atom is -0.494 e. The third kappa shape index (κ3) is 4.66. The predicted octanol–water partition coefficient (Wildman–Crippen LogP) is 1.21. The van der Waals surface area contributed by atoms with Gasteiger partial charge >= 0.3 is 5.97 Å². The molecule has 2 heterocycles. The average Bonchev–Trinajstić information content (AvgIpc) is 3.00. The number of ether oxygens (including phenoxy) is 2. The molecule has 0 radical (unpaired) electrons. The van der Waals surface area contributed by atoms with Gasteiger partial charge in [-0.3, -0.25) is 0 Å². The second-order valence-corrected chi connectivity index (χ2v) is 8.37. The van der Waals surface area contributed by atoms with Crippen LogP contribution in [0.3, 0.4) is 0 Å². The van der Waals surface area contributed by atoms with Gasteiger partial charge in [-0.05, 0) is 38.3 Å². The predicted molar refractivity (Wildman–Crippen MR) is 87.6 cm³/mol. The van der Waals surface area contributed by atoms with E-state index in [4.69, 9.17) is 4.74 Å². The summed E-state index contributed by atoms with van der Waals surface area (Å²) < 4.78 is 37.1. The molecule has 1 aromatic rings. The van der Waals surface area contributed by atoms with Crippen LogP contribution in [0.4, 0.5) is 0 Å². The van der Waals surface area contributed by atoms with Crippen LogP contribution in [0.15, 0.2) is 10.3 Å². The lowest BCUT2D eigenvalue weighted by Crippen LogP contribution is -2.33. The lowest BCUT2D eigenvalue weighted by molar-refractivity contribution is 0.0606. The molecule has 1 aliphatic rings. The summed E-state index contributed by atoms with van der Waals surface area (Å²) in [6.45, 7) is 2.32. The van der Waals surface area contributed by atoms with E-state index in [1.54, 1.807) is 0 Å². The molecule has 0 saturated carbocycles. The summed E-state index contributed by atoms with van der Waals surface area (Å²) in [5.41, 5.74) is 0. The molecule has 23 heavy (non-hydrogen) atoms. The molecule has 0 spiro atoms. The van der Waals surface area contributed by atoms with Crippen molar-refractivity contribution < 1.29 is 22.7 Å². The van der Waals surface area contributed by atoms with Crippen molar-refractivity contribution in [1.29, 1.82) is 0 Å². The summed E-state index contributed by atoms with van der Waals surface area (Å²) in [7, 11) is -1.09. The molecule has 2 rings (SSSR count). The highest BCUT2D eigenvalue weighted by Crippen LogP contribution is 2.33. The highest BCUT2D eigenvalue weighted by atomic mass is 32.2. The van der Waals surface area contributed by atoms with E-state index in [9.17, 15) is 13.2 Å². The van der Waals surface area contributed by atoms with E-state index < -0.39 is 16.0 Å². The van der Waals surface area contributed by atoms with Crippen LogP contribution >= 0.6 is 11.3 Å². The number of esters is 1. The van der Waals surface area contributed by atoms with E-state index >= 15 is 0 Å². The fourth-order valence-corrected chi connectivity index (χ4v) is 5.11. The van der Waals surface area contributed by atoms with Gasteiger partial charge in [-0.1, -0.05) is 0 Å². The molecule has 1 atom stereocenters. The lowest BCUT2D eigenvalue weighted by Gasteiger charge is -2.22. The molecule has 1 aromatic heterocycles. The molecule has 1 saturated heterocycles. The summed E-state index contributed by atoms with van der Waals surface area (Å²) in [6, 6.07) is 1.39. The molecule has 1 unspecified atom stereocenters. The minimum atomic E-state index is -3.71. The lowest BCUT2D eigenvalue weighted by atomic mass is 9.96. The van der Waals surface area contributed by atoms with E-state index in [0.29, 0.717) is 12.5 Å². The van der Waals surface area contributed by atoms with Gasteiger partial charge in [-0.15, -0.1) is 11.3 Å². The van der Waals surface area contributed by atoms with Crippen molar-refractivity contribution in [2.75, 3.05) is 33.9 Å². The molecule has 0 aromatic carbocycles. The van der Waals surface area contributed by atoms with Gasteiger partial charge < -0.3 is 14.8 Å². The van der Waals surface area contributed by atoms with Gasteiger partial charge in [0.1, 0.15) is 4.88 Å². The normalized spacial score (nSPS) is 18.6. The Morgan fingerprint density at radius 3 is 2.87 bits per heavy atom.